The second-order valence-electron chi connectivity index (χ2n) is 7.31. The lowest BCUT2D eigenvalue weighted by atomic mass is 10.1. The summed E-state index contributed by atoms with van der Waals surface area (Å²) >= 11 is 0. The Morgan fingerprint density at radius 1 is 1.07 bits per heavy atom. The Balaban J connectivity index is 1.48. The van der Waals surface area contributed by atoms with Gasteiger partial charge in [-0.05, 0) is 55.3 Å². The van der Waals surface area contributed by atoms with Crippen molar-refractivity contribution in [1.82, 2.24) is 14.9 Å². The van der Waals surface area contributed by atoms with Gasteiger partial charge in [-0.15, -0.1) is 0 Å². The zero-order valence-electron chi connectivity index (χ0n) is 16.2. The lowest BCUT2D eigenvalue weighted by molar-refractivity contribution is 0.0699. The fourth-order valence-electron chi connectivity index (χ4n) is 3.84. The number of phenols is 1. The van der Waals surface area contributed by atoms with Crippen molar-refractivity contribution >= 4 is 22.6 Å². The van der Waals surface area contributed by atoms with Crippen LogP contribution in [0, 0.1) is 0 Å². The molecule has 0 bridgehead atoms. The van der Waals surface area contributed by atoms with Crippen LogP contribution in [0.25, 0.3) is 10.9 Å². The second kappa shape index (κ2) is 8.45. The Bertz CT molecular complexity index is 1010. The molecule has 1 saturated heterocycles. The predicted molar refractivity (Wildman–Crippen MR) is 112 cm³/mol. The molecule has 1 aromatic carbocycles. The van der Waals surface area contributed by atoms with Crippen molar-refractivity contribution in [1.29, 1.82) is 0 Å². The first-order valence-electron chi connectivity index (χ1n) is 9.83. The number of fused-ring (bicyclic) bond motifs is 1. The first kappa shape index (κ1) is 19.1. The molecule has 4 rings (SSSR count). The average Bonchev–Trinajstić information content (AvgIpc) is 2.98. The van der Waals surface area contributed by atoms with Crippen LogP contribution in [0.2, 0.25) is 0 Å². The molecule has 0 atom stereocenters. The van der Waals surface area contributed by atoms with Crippen LogP contribution < -0.4 is 4.90 Å². The Morgan fingerprint density at radius 2 is 1.90 bits per heavy atom. The highest BCUT2D eigenvalue weighted by Crippen LogP contribution is 2.29. The van der Waals surface area contributed by atoms with Crippen LogP contribution in [0.3, 0.4) is 0 Å². The minimum absolute atomic E-state index is 0.00490. The van der Waals surface area contributed by atoms with E-state index in [-0.39, 0.29) is 11.3 Å². The van der Waals surface area contributed by atoms with Gasteiger partial charge in [0.25, 0.3) is 0 Å². The number of anilines is 1. The number of phenolic OH excluding ortho intramolecular Hbond substituents is 1. The average molecular weight is 392 g/mol. The standard InChI is InChI=1S/C22H24N4O3/c27-20-3-2-18(22(28)29)19-14-17(15-24-21(19)20)26-10-1-9-25(12-13-26)11-6-16-4-7-23-8-5-16/h2-5,7-8,14-15,27H,1,6,9-13H2,(H,28,29). The summed E-state index contributed by atoms with van der Waals surface area (Å²) in [6.07, 6.45) is 7.41. The summed E-state index contributed by atoms with van der Waals surface area (Å²) in [5.41, 5.74) is 2.66. The van der Waals surface area contributed by atoms with E-state index in [0.717, 1.165) is 51.3 Å². The molecule has 0 radical (unpaired) electrons. The van der Waals surface area contributed by atoms with Crippen molar-refractivity contribution in [3.8, 4) is 5.75 Å². The molecule has 7 nitrogen and oxygen atoms in total. The van der Waals surface area contributed by atoms with E-state index in [1.54, 1.807) is 6.20 Å². The molecular formula is C22H24N4O3. The lowest BCUT2D eigenvalue weighted by Crippen LogP contribution is -2.32. The third-order valence-corrected chi connectivity index (χ3v) is 5.46. The van der Waals surface area contributed by atoms with E-state index in [1.807, 2.05) is 18.5 Å². The molecular weight excluding hydrogens is 368 g/mol. The zero-order valence-corrected chi connectivity index (χ0v) is 16.2. The largest absolute Gasteiger partial charge is 0.506 e. The lowest BCUT2D eigenvalue weighted by Gasteiger charge is -2.24. The topological polar surface area (TPSA) is 89.8 Å². The summed E-state index contributed by atoms with van der Waals surface area (Å²) in [7, 11) is 0. The van der Waals surface area contributed by atoms with Crippen LogP contribution >= 0.6 is 0 Å². The van der Waals surface area contributed by atoms with Gasteiger partial charge in [0.05, 0.1) is 17.4 Å². The molecule has 29 heavy (non-hydrogen) atoms. The van der Waals surface area contributed by atoms with Gasteiger partial charge in [0, 0.05) is 44.0 Å². The molecule has 2 N–H and O–H groups in total. The molecule has 150 valence electrons. The Labute approximate surface area is 169 Å². The molecule has 3 aromatic rings. The van der Waals surface area contributed by atoms with Gasteiger partial charge in [0.2, 0.25) is 0 Å². The van der Waals surface area contributed by atoms with Gasteiger partial charge in [-0.3, -0.25) is 9.97 Å². The molecule has 3 heterocycles. The van der Waals surface area contributed by atoms with Crippen LogP contribution in [0.5, 0.6) is 5.75 Å². The van der Waals surface area contributed by atoms with Crippen molar-refractivity contribution in [3.63, 3.8) is 0 Å². The van der Waals surface area contributed by atoms with Gasteiger partial charge in [-0.25, -0.2) is 4.79 Å². The van der Waals surface area contributed by atoms with Crippen LogP contribution in [0.1, 0.15) is 22.3 Å². The molecule has 0 spiro atoms. The maximum Gasteiger partial charge on any atom is 0.336 e. The number of hydrogen-bond acceptors (Lipinski definition) is 6. The molecule has 7 heteroatoms. The van der Waals surface area contributed by atoms with Crippen LogP contribution in [-0.4, -0.2) is 63.8 Å². The maximum atomic E-state index is 11.6. The fraction of sp³-hybridized carbons (Fsp3) is 0.318. The summed E-state index contributed by atoms with van der Waals surface area (Å²) < 4.78 is 0. The van der Waals surface area contributed by atoms with E-state index in [1.165, 1.54) is 17.7 Å². The quantitative estimate of drug-likeness (QED) is 0.690. The van der Waals surface area contributed by atoms with Gasteiger partial charge in [-0.2, -0.15) is 0 Å². The Hall–Kier alpha value is -3.19. The summed E-state index contributed by atoms with van der Waals surface area (Å²) in [6, 6.07) is 8.75. The van der Waals surface area contributed by atoms with Crippen LogP contribution in [-0.2, 0) is 6.42 Å². The van der Waals surface area contributed by atoms with Gasteiger partial charge in [0.15, 0.2) is 0 Å². The highest BCUT2D eigenvalue weighted by molar-refractivity contribution is 6.05. The number of pyridine rings is 2. The summed E-state index contributed by atoms with van der Waals surface area (Å²) in [5, 5.41) is 20.0. The first-order chi connectivity index (χ1) is 14.1. The highest BCUT2D eigenvalue weighted by atomic mass is 16.4. The number of carbonyl (C=O) groups is 1. The number of aromatic carboxylic acids is 1. The van der Waals surface area contributed by atoms with Crippen molar-refractivity contribution < 1.29 is 15.0 Å². The van der Waals surface area contributed by atoms with Gasteiger partial charge in [0.1, 0.15) is 11.3 Å². The van der Waals surface area contributed by atoms with Crippen LogP contribution in [0.4, 0.5) is 5.69 Å². The minimum Gasteiger partial charge on any atom is -0.506 e. The van der Waals surface area contributed by atoms with Gasteiger partial charge >= 0.3 is 5.97 Å². The van der Waals surface area contributed by atoms with Gasteiger partial charge < -0.3 is 20.0 Å². The van der Waals surface area contributed by atoms with E-state index in [4.69, 9.17) is 0 Å². The number of hydrogen-bond donors (Lipinski definition) is 2. The van der Waals surface area contributed by atoms with Crippen molar-refractivity contribution in [2.45, 2.75) is 12.8 Å². The molecule has 1 aliphatic rings. The maximum absolute atomic E-state index is 11.6. The summed E-state index contributed by atoms with van der Waals surface area (Å²) in [6.45, 7) is 4.72. The number of benzene rings is 1. The highest BCUT2D eigenvalue weighted by Gasteiger charge is 2.18. The van der Waals surface area contributed by atoms with Crippen molar-refractivity contribution in [3.05, 3.63) is 60.0 Å². The molecule has 0 unspecified atom stereocenters. The second-order valence-corrected chi connectivity index (χ2v) is 7.31. The van der Waals surface area contributed by atoms with E-state index in [9.17, 15) is 15.0 Å². The molecule has 2 aromatic heterocycles. The molecule has 1 fully saturated rings. The number of nitrogens with zero attached hydrogens (tertiary/aromatic N) is 4. The number of carboxylic acid groups (broad SMARTS) is 1. The van der Waals surface area contributed by atoms with E-state index >= 15 is 0 Å². The summed E-state index contributed by atoms with van der Waals surface area (Å²) in [5.74, 6) is -1.03. The molecule has 1 aliphatic heterocycles. The zero-order chi connectivity index (χ0) is 20.2. The molecule has 0 amide bonds. The number of carboxylic acids is 1. The normalized spacial score (nSPS) is 15.4. The van der Waals surface area contributed by atoms with E-state index in [0.29, 0.717) is 10.9 Å². The van der Waals surface area contributed by atoms with E-state index < -0.39 is 5.97 Å². The Morgan fingerprint density at radius 3 is 2.69 bits per heavy atom. The van der Waals surface area contributed by atoms with Gasteiger partial charge in [-0.1, -0.05) is 0 Å². The van der Waals surface area contributed by atoms with Crippen molar-refractivity contribution in [2.75, 3.05) is 37.6 Å². The predicted octanol–water partition coefficient (Wildman–Crippen LogP) is 2.79. The minimum atomic E-state index is -1.02. The fourth-order valence-corrected chi connectivity index (χ4v) is 3.84. The van der Waals surface area contributed by atoms with Crippen molar-refractivity contribution in [2.24, 2.45) is 0 Å². The third kappa shape index (κ3) is 4.30. The third-order valence-electron chi connectivity index (χ3n) is 5.46. The smallest absolute Gasteiger partial charge is 0.336 e. The SMILES string of the molecule is O=C(O)c1ccc(O)c2ncc(N3CCCN(CCc4ccncc4)CC3)cc12. The van der Waals surface area contributed by atoms with E-state index in [2.05, 4.69) is 31.9 Å². The van der Waals surface area contributed by atoms with Crippen LogP contribution in [0.15, 0.2) is 48.9 Å². The number of aromatic hydroxyl groups is 1. The summed E-state index contributed by atoms with van der Waals surface area (Å²) in [4.78, 5) is 24.7. The molecule has 0 saturated carbocycles. The molecule has 0 aliphatic carbocycles. The number of aromatic nitrogens is 2. The Kier molecular flexibility index (Phi) is 5.57. The number of rotatable bonds is 5. The monoisotopic (exact) mass is 392 g/mol. The first-order valence-corrected chi connectivity index (χ1v) is 9.83.